The number of hydrogen-bond acceptors (Lipinski definition) is 8. The molecule has 1 unspecified atom stereocenters. The molecule has 37 heavy (non-hydrogen) atoms. The van der Waals surface area contributed by atoms with Crippen molar-refractivity contribution in [3.63, 3.8) is 0 Å². The number of aromatic nitrogens is 2. The second-order valence-corrected chi connectivity index (χ2v) is 9.36. The molecule has 2 aliphatic heterocycles. The zero-order valence-electron chi connectivity index (χ0n) is 20.6. The van der Waals surface area contributed by atoms with Crippen LogP contribution in [0.4, 0.5) is 36.2 Å². The van der Waals surface area contributed by atoms with Gasteiger partial charge >= 0.3 is 0 Å². The van der Waals surface area contributed by atoms with Gasteiger partial charge in [0.15, 0.2) is 17.4 Å². The Labute approximate surface area is 213 Å². The molecule has 196 valence electrons. The highest BCUT2D eigenvalue weighted by Gasteiger charge is 2.26. The molecule has 3 heterocycles. The highest BCUT2D eigenvalue weighted by Crippen LogP contribution is 2.39. The van der Waals surface area contributed by atoms with Crippen molar-refractivity contribution in [2.45, 2.75) is 25.9 Å². The lowest BCUT2D eigenvalue weighted by molar-refractivity contribution is 0.246. The van der Waals surface area contributed by atoms with Crippen LogP contribution in [0, 0.1) is 17.5 Å². The summed E-state index contributed by atoms with van der Waals surface area (Å²) in [7, 11) is 0. The Balaban J connectivity index is 1.43. The maximum absolute atomic E-state index is 15.0. The molecule has 11 heteroatoms. The molecule has 1 atom stereocenters. The van der Waals surface area contributed by atoms with E-state index in [4.69, 9.17) is 4.74 Å². The number of anilines is 4. The summed E-state index contributed by atoms with van der Waals surface area (Å²) in [5, 5.41) is 15.7. The number of fused-ring (bicyclic) bond motifs is 1. The van der Waals surface area contributed by atoms with Crippen LogP contribution in [0.5, 0.6) is 5.75 Å². The van der Waals surface area contributed by atoms with Crippen LogP contribution in [0.3, 0.4) is 0 Å². The van der Waals surface area contributed by atoms with Crippen molar-refractivity contribution in [1.29, 1.82) is 0 Å². The molecule has 2 aromatic carbocycles. The number of halogens is 3. The Morgan fingerprint density at radius 3 is 2.70 bits per heavy atom. The van der Waals surface area contributed by atoms with E-state index in [2.05, 4.69) is 20.6 Å². The van der Waals surface area contributed by atoms with Gasteiger partial charge in [-0.05, 0) is 44.2 Å². The average Bonchev–Trinajstić information content (AvgIpc) is 2.89. The van der Waals surface area contributed by atoms with Gasteiger partial charge in [0.2, 0.25) is 5.95 Å². The van der Waals surface area contributed by atoms with Crippen LogP contribution < -0.4 is 25.2 Å². The summed E-state index contributed by atoms with van der Waals surface area (Å²) in [6, 6.07) is 7.31. The second-order valence-electron chi connectivity index (χ2n) is 9.36. The van der Waals surface area contributed by atoms with Crippen molar-refractivity contribution in [2.24, 2.45) is 0 Å². The fourth-order valence-corrected chi connectivity index (χ4v) is 4.79. The number of nitrogens with zero attached hydrogens (tertiary/aromatic N) is 4. The summed E-state index contributed by atoms with van der Waals surface area (Å²) in [5.74, 6) is -1.61. The van der Waals surface area contributed by atoms with Gasteiger partial charge in [-0.25, -0.2) is 23.1 Å². The van der Waals surface area contributed by atoms with Crippen LogP contribution in [0.2, 0.25) is 0 Å². The standard InChI is InChI=1S/C26H29F3N6O2/c1-15(2)34-7-8-37-25-20(28)9-16(10-23(25)34)24-21(29)13-31-26(33-24)32-17-3-4-22(19(27)11-17)35-6-5-30-12-18(35)14-36/h3-4,9-11,13,15,18,30,36H,5-8,12,14H2,1-2H3,(H,31,32,33). The van der Waals surface area contributed by atoms with Crippen LogP contribution in [-0.2, 0) is 0 Å². The molecule has 0 saturated carbocycles. The Bertz CT molecular complexity index is 1290. The van der Waals surface area contributed by atoms with E-state index in [1.807, 2.05) is 23.6 Å². The highest BCUT2D eigenvalue weighted by atomic mass is 19.1. The van der Waals surface area contributed by atoms with Gasteiger partial charge < -0.3 is 30.3 Å². The Morgan fingerprint density at radius 2 is 1.95 bits per heavy atom. The SMILES string of the molecule is CC(C)N1CCOc2c(F)cc(-c3nc(Nc4ccc(N5CCNCC5CO)c(F)c4)ncc3F)cc21. The summed E-state index contributed by atoms with van der Waals surface area (Å²) in [4.78, 5) is 12.1. The van der Waals surface area contributed by atoms with E-state index in [0.29, 0.717) is 49.8 Å². The largest absolute Gasteiger partial charge is 0.486 e. The maximum atomic E-state index is 15.0. The van der Waals surface area contributed by atoms with Gasteiger partial charge in [0, 0.05) is 36.9 Å². The third kappa shape index (κ3) is 5.01. The summed E-state index contributed by atoms with van der Waals surface area (Å²) >= 11 is 0. The molecule has 0 amide bonds. The minimum Gasteiger partial charge on any atom is -0.486 e. The number of nitrogens with one attached hydrogen (secondary N) is 2. The molecule has 0 bridgehead atoms. The van der Waals surface area contributed by atoms with E-state index in [-0.39, 0.29) is 41.6 Å². The van der Waals surface area contributed by atoms with Crippen LogP contribution in [0.15, 0.2) is 36.5 Å². The second kappa shape index (κ2) is 10.4. The van der Waals surface area contributed by atoms with Crippen molar-refractivity contribution in [3.05, 3.63) is 54.0 Å². The lowest BCUT2D eigenvalue weighted by Gasteiger charge is -2.37. The van der Waals surface area contributed by atoms with E-state index in [1.165, 1.54) is 12.1 Å². The minimum absolute atomic E-state index is 0.0362. The van der Waals surface area contributed by atoms with Gasteiger partial charge in [-0.1, -0.05) is 0 Å². The molecule has 1 fully saturated rings. The Morgan fingerprint density at radius 1 is 1.11 bits per heavy atom. The van der Waals surface area contributed by atoms with E-state index in [0.717, 1.165) is 6.20 Å². The molecule has 3 aromatic rings. The van der Waals surface area contributed by atoms with Crippen molar-refractivity contribution in [1.82, 2.24) is 15.3 Å². The first-order valence-electron chi connectivity index (χ1n) is 12.3. The fourth-order valence-electron chi connectivity index (χ4n) is 4.79. The minimum atomic E-state index is -0.715. The van der Waals surface area contributed by atoms with Crippen LogP contribution >= 0.6 is 0 Å². The topological polar surface area (TPSA) is 85.8 Å². The Kier molecular flexibility index (Phi) is 7.07. The van der Waals surface area contributed by atoms with E-state index in [9.17, 15) is 13.9 Å². The van der Waals surface area contributed by atoms with Gasteiger partial charge in [-0.2, -0.15) is 0 Å². The predicted octanol–water partition coefficient (Wildman–Crippen LogP) is 3.68. The normalized spacial score (nSPS) is 17.5. The fraction of sp³-hybridized carbons (Fsp3) is 0.385. The van der Waals surface area contributed by atoms with Gasteiger partial charge in [-0.3, -0.25) is 0 Å². The molecule has 0 radical (unpaired) electrons. The molecule has 5 rings (SSSR count). The summed E-state index contributed by atoms with van der Waals surface area (Å²) in [5.41, 5.74) is 1.44. The van der Waals surface area contributed by atoms with Crippen LogP contribution in [-0.4, -0.2) is 66.6 Å². The third-order valence-electron chi connectivity index (χ3n) is 6.63. The van der Waals surface area contributed by atoms with Gasteiger partial charge in [0.25, 0.3) is 0 Å². The number of aliphatic hydroxyl groups excluding tert-OH is 1. The smallest absolute Gasteiger partial charge is 0.227 e. The lowest BCUT2D eigenvalue weighted by atomic mass is 10.1. The zero-order chi connectivity index (χ0) is 26.1. The van der Waals surface area contributed by atoms with Gasteiger partial charge in [-0.15, -0.1) is 0 Å². The number of ether oxygens (including phenoxy) is 1. The monoisotopic (exact) mass is 514 g/mol. The molecule has 0 aliphatic carbocycles. The zero-order valence-corrected chi connectivity index (χ0v) is 20.6. The first-order valence-corrected chi connectivity index (χ1v) is 12.3. The summed E-state index contributed by atoms with van der Waals surface area (Å²) < 4.78 is 50.3. The quantitative estimate of drug-likeness (QED) is 0.460. The lowest BCUT2D eigenvalue weighted by Crippen LogP contribution is -2.53. The third-order valence-corrected chi connectivity index (χ3v) is 6.63. The van der Waals surface area contributed by atoms with E-state index in [1.54, 1.807) is 18.2 Å². The molecule has 0 spiro atoms. The number of aliphatic hydroxyl groups is 1. The summed E-state index contributed by atoms with van der Waals surface area (Å²) in [6.07, 6.45) is 0.996. The van der Waals surface area contributed by atoms with Crippen molar-refractivity contribution < 1.29 is 23.0 Å². The van der Waals surface area contributed by atoms with E-state index < -0.39 is 17.5 Å². The molecule has 1 aromatic heterocycles. The van der Waals surface area contributed by atoms with Crippen molar-refractivity contribution in [3.8, 4) is 17.0 Å². The molecule has 3 N–H and O–H groups in total. The number of benzene rings is 2. The van der Waals surface area contributed by atoms with Gasteiger partial charge in [0.1, 0.15) is 18.1 Å². The van der Waals surface area contributed by atoms with E-state index >= 15 is 4.39 Å². The highest BCUT2D eigenvalue weighted by molar-refractivity contribution is 5.73. The van der Waals surface area contributed by atoms with Crippen LogP contribution in [0.25, 0.3) is 11.3 Å². The first-order chi connectivity index (χ1) is 17.9. The predicted molar refractivity (Wildman–Crippen MR) is 136 cm³/mol. The van der Waals surface area contributed by atoms with Gasteiger partial charge in [0.05, 0.1) is 36.8 Å². The molecular formula is C26H29F3N6O2. The molecule has 1 saturated heterocycles. The number of hydrogen-bond donors (Lipinski definition) is 3. The first kappa shape index (κ1) is 25.1. The molecule has 8 nitrogen and oxygen atoms in total. The number of piperazine rings is 1. The molecule has 2 aliphatic rings. The van der Waals surface area contributed by atoms with Crippen molar-refractivity contribution in [2.75, 3.05) is 54.5 Å². The molecular weight excluding hydrogens is 485 g/mol. The summed E-state index contributed by atoms with van der Waals surface area (Å²) in [6.45, 7) is 6.65. The van der Waals surface area contributed by atoms with Crippen LogP contribution in [0.1, 0.15) is 13.8 Å². The average molecular weight is 515 g/mol. The Hall–Kier alpha value is -3.57. The number of rotatable bonds is 6. The maximum Gasteiger partial charge on any atom is 0.227 e. The van der Waals surface area contributed by atoms with Crippen molar-refractivity contribution >= 4 is 23.0 Å².